The highest BCUT2D eigenvalue weighted by atomic mass is 32.2. The van der Waals surface area contributed by atoms with Gasteiger partial charge in [-0.2, -0.15) is 0 Å². The van der Waals surface area contributed by atoms with Crippen molar-refractivity contribution in [2.24, 2.45) is 0 Å². The molecule has 0 unspecified atom stereocenters. The van der Waals surface area contributed by atoms with E-state index in [1.54, 1.807) is 6.08 Å². The second-order valence-corrected chi connectivity index (χ2v) is 7.97. The maximum absolute atomic E-state index is 4.62. The number of hydrogen-bond donors (Lipinski definition) is 1. The van der Waals surface area contributed by atoms with Crippen molar-refractivity contribution in [3.05, 3.63) is 96.1 Å². The molecule has 0 saturated carbocycles. The molecule has 0 aliphatic carbocycles. The molecule has 1 aliphatic heterocycles. The summed E-state index contributed by atoms with van der Waals surface area (Å²) >= 11 is 6.51. The highest BCUT2D eigenvalue weighted by Crippen LogP contribution is 2.35. The van der Waals surface area contributed by atoms with Crippen molar-refractivity contribution in [2.45, 2.75) is 6.92 Å². The standard InChI is InChI=1S/C24H20S2/c1-3-6-23(25)21-11-10-18-13-20-14-19(24-7-4-5-12-26-24)9-8-17(20)15-22(18)16(21)2/h3-11,13-15,25H,1,12H2,2H3/b23-6-. The number of allylic oxidation sites excluding steroid dienone is 4. The van der Waals surface area contributed by atoms with Crippen LogP contribution in [0.4, 0.5) is 0 Å². The second-order valence-electron chi connectivity index (χ2n) is 6.43. The molecule has 0 aromatic heterocycles. The first-order valence-corrected chi connectivity index (χ1v) is 10.1. The van der Waals surface area contributed by atoms with E-state index in [2.05, 4.69) is 86.8 Å². The van der Waals surface area contributed by atoms with Gasteiger partial charge in [-0.25, -0.2) is 0 Å². The van der Waals surface area contributed by atoms with E-state index in [0.29, 0.717) is 0 Å². The Morgan fingerprint density at radius 2 is 1.92 bits per heavy atom. The third kappa shape index (κ3) is 3.15. The summed E-state index contributed by atoms with van der Waals surface area (Å²) in [6.07, 6.45) is 10.3. The maximum Gasteiger partial charge on any atom is 0.0164 e. The zero-order valence-electron chi connectivity index (χ0n) is 14.7. The first-order valence-electron chi connectivity index (χ1n) is 8.66. The summed E-state index contributed by atoms with van der Waals surface area (Å²) in [6, 6.07) is 15.7. The summed E-state index contributed by atoms with van der Waals surface area (Å²) < 4.78 is 0. The van der Waals surface area contributed by atoms with Gasteiger partial charge in [0.2, 0.25) is 0 Å². The summed E-state index contributed by atoms with van der Waals surface area (Å²) in [4.78, 5) is 2.29. The molecule has 3 aromatic rings. The highest BCUT2D eigenvalue weighted by molar-refractivity contribution is 8.08. The summed E-state index contributed by atoms with van der Waals surface area (Å²) in [5.74, 6) is 1.05. The van der Waals surface area contributed by atoms with Crippen molar-refractivity contribution in [1.82, 2.24) is 0 Å². The molecule has 0 radical (unpaired) electrons. The average Bonchev–Trinajstić information content (AvgIpc) is 2.67. The van der Waals surface area contributed by atoms with Crippen molar-refractivity contribution in [3.8, 4) is 0 Å². The molecule has 0 spiro atoms. The van der Waals surface area contributed by atoms with Gasteiger partial charge in [-0.1, -0.05) is 49.1 Å². The first kappa shape index (κ1) is 17.3. The summed E-state index contributed by atoms with van der Waals surface area (Å²) in [6.45, 7) is 5.94. The molecule has 0 saturated heterocycles. The number of hydrogen-bond acceptors (Lipinski definition) is 2. The first-order chi connectivity index (χ1) is 12.7. The van der Waals surface area contributed by atoms with Crippen LogP contribution in [0.2, 0.25) is 0 Å². The van der Waals surface area contributed by atoms with E-state index in [-0.39, 0.29) is 0 Å². The van der Waals surface area contributed by atoms with Crippen LogP contribution < -0.4 is 0 Å². The largest absolute Gasteiger partial charge is 0.143 e. The number of aryl methyl sites for hydroxylation is 1. The molecule has 0 atom stereocenters. The molecule has 0 nitrogen and oxygen atoms in total. The predicted octanol–water partition coefficient (Wildman–Crippen LogP) is 7.40. The van der Waals surface area contributed by atoms with E-state index < -0.39 is 0 Å². The van der Waals surface area contributed by atoms with Crippen molar-refractivity contribution >= 4 is 55.7 Å². The molecule has 3 aromatic carbocycles. The van der Waals surface area contributed by atoms with Crippen LogP contribution in [0.3, 0.4) is 0 Å². The predicted molar refractivity (Wildman–Crippen MR) is 123 cm³/mol. The van der Waals surface area contributed by atoms with E-state index in [9.17, 15) is 0 Å². The van der Waals surface area contributed by atoms with Gasteiger partial charge in [-0.3, -0.25) is 0 Å². The molecule has 26 heavy (non-hydrogen) atoms. The molecule has 4 rings (SSSR count). The maximum atomic E-state index is 4.62. The minimum atomic E-state index is 0.948. The van der Waals surface area contributed by atoms with Crippen LogP contribution in [0.15, 0.2) is 79.4 Å². The molecular weight excluding hydrogens is 352 g/mol. The Balaban J connectivity index is 1.88. The Labute approximate surface area is 164 Å². The average molecular weight is 373 g/mol. The zero-order chi connectivity index (χ0) is 18.1. The number of thiol groups is 1. The minimum Gasteiger partial charge on any atom is -0.143 e. The number of benzene rings is 3. The fourth-order valence-electron chi connectivity index (χ4n) is 3.43. The third-order valence-electron chi connectivity index (χ3n) is 4.80. The Kier molecular flexibility index (Phi) is 4.80. The Morgan fingerprint density at radius 1 is 1.08 bits per heavy atom. The van der Waals surface area contributed by atoms with Gasteiger partial charge >= 0.3 is 0 Å². The monoisotopic (exact) mass is 372 g/mol. The highest BCUT2D eigenvalue weighted by Gasteiger charge is 2.09. The lowest BCUT2D eigenvalue weighted by atomic mass is 9.95. The second kappa shape index (κ2) is 7.22. The number of thioether (sulfide) groups is 1. The lowest BCUT2D eigenvalue weighted by Crippen LogP contribution is -1.89. The van der Waals surface area contributed by atoms with Gasteiger partial charge in [0.15, 0.2) is 0 Å². The summed E-state index contributed by atoms with van der Waals surface area (Å²) in [5, 5.41) is 5.10. The van der Waals surface area contributed by atoms with Gasteiger partial charge in [0.1, 0.15) is 0 Å². The van der Waals surface area contributed by atoms with Gasteiger partial charge in [0.05, 0.1) is 0 Å². The fraction of sp³-hybridized carbons (Fsp3) is 0.0833. The Hall–Kier alpha value is -2.16. The van der Waals surface area contributed by atoms with Gasteiger partial charge in [0, 0.05) is 15.6 Å². The van der Waals surface area contributed by atoms with Gasteiger partial charge in [-0.05, 0) is 75.5 Å². The topological polar surface area (TPSA) is 0 Å². The van der Waals surface area contributed by atoms with E-state index in [1.165, 1.54) is 37.6 Å². The molecule has 2 heteroatoms. The lowest BCUT2D eigenvalue weighted by Gasteiger charge is -2.13. The van der Waals surface area contributed by atoms with Crippen molar-refractivity contribution in [2.75, 3.05) is 5.75 Å². The van der Waals surface area contributed by atoms with Crippen molar-refractivity contribution in [3.63, 3.8) is 0 Å². The van der Waals surface area contributed by atoms with Gasteiger partial charge in [0.25, 0.3) is 0 Å². The van der Waals surface area contributed by atoms with E-state index in [1.807, 2.05) is 17.8 Å². The Morgan fingerprint density at radius 3 is 2.69 bits per heavy atom. The molecule has 0 bridgehead atoms. The van der Waals surface area contributed by atoms with Crippen molar-refractivity contribution < 1.29 is 0 Å². The van der Waals surface area contributed by atoms with Crippen LogP contribution in [-0.2, 0) is 0 Å². The number of fused-ring (bicyclic) bond motifs is 2. The SMILES string of the molecule is C=C/C=C(\S)c1ccc2cc3cc(C4=CC=CCS4)ccc3cc2c1C. The Bertz CT molecular complexity index is 1110. The molecule has 0 amide bonds. The van der Waals surface area contributed by atoms with Crippen LogP contribution in [0.5, 0.6) is 0 Å². The molecule has 1 aliphatic rings. The van der Waals surface area contributed by atoms with E-state index >= 15 is 0 Å². The summed E-state index contributed by atoms with van der Waals surface area (Å²) in [5.41, 5.74) is 3.71. The lowest BCUT2D eigenvalue weighted by molar-refractivity contribution is 1.50. The number of rotatable bonds is 3. The molecule has 0 fully saturated rings. The van der Waals surface area contributed by atoms with E-state index in [0.717, 1.165) is 16.2 Å². The molecule has 0 N–H and O–H groups in total. The quantitative estimate of drug-likeness (QED) is 0.284. The summed E-state index contributed by atoms with van der Waals surface area (Å²) in [7, 11) is 0. The zero-order valence-corrected chi connectivity index (χ0v) is 16.4. The molecular formula is C24H20S2. The fourth-order valence-corrected chi connectivity index (χ4v) is 4.63. The van der Waals surface area contributed by atoms with Crippen LogP contribution >= 0.6 is 24.4 Å². The smallest absolute Gasteiger partial charge is 0.0164 e. The van der Waals surface area contributed by atoms with Crippen LogP contribution in [-0.4, -0.2) is 5.75 Å². The van der Waals surface area contributed by atoms with Crippen LogP contribution in [0.25, 0.3) is 31.4 Å². The minimum absolute atomic E-state index is 0.948. The normalized spacial score (nSPS) is 14.7. The third-order valence-corrected chi connectivity index (χ3v) is 6.23. The van der Waals surface area contributed by atoms with E-state index in [4.69, 9.17) is 0 Å². The van der Waals surface area contributed by atoms with Gasteiger partial charge < -0.3 is 0 Å². The molecule has 128 valence electrons. The van der Waals surface area contributed by atoms with Crippen LogP contribution in [0, 0.1) is 6.92 Å². The van der Waals surface area contributed by atoms with Crippen molar-refractivity contribution in [1.29, 1.82) is 0 Å². The van der Waals surface area contributed by atoms with Gasteiger partial charge in [-0.15, -0.1) is 24.4 Å². The molecule has 1 heterocycles. The van der Waals surface area contributed by atoms with Crippen LogP contribution in [0.1, 0.15) is 16.7 Å².